The van der Waals surface area contributed by atoms with Crippen LogP contribution < -0.4 is 15.6 Å². The summed E-state index contributed by atoms with van der Waals surface area (Å²) in [6, 6.07) is 7.51. The van der Waals surface area contributed by atoms with Gasteiger partial charge >= 0.3 is 6.18 Å². The average molecular weight is 354 g/mol. The number of nitrogens with one attached hydrogen (secondary N) is 1. The summed E-state index contributed by atoms with van der Waals surface area (Å²) in [4.78, 5) is 24.0. The van der Waals surface area contributed by atoms with E-state index in [1.165, 1.54) is 29.9 Å². The number of carbonyl (C=O) groups is 1. The second-order valence-electron chi connectivity index (χ2n) is 5.33. The highest BCUT2D eigenvalue weighted by molar-refractivity contribution is 5.95. The van der Waals surface area contributed by atoms with E-state index in [0.717, 1.165) is 12.1 Å². The number of ether oxygens (including phenoxy) is 1. The molecular formula is C17H17F3N2O3. The molecule has 8 heteroatoms. The van der Waals surface area contributed by atoms with Gasteiger partial charge in [-0.3, -0.25) is 9.59 Å². The van der Waals surface area contributed by atoms with Crippen molar-refractivity contribution in [2.24, 2.45) is 0 Å². The summed E-state index contributed by atoms with van der Waals surface area (Å²) in [7, 11) is 1.44. The van der Waals surface area contributed by atoms with Crippen LogP contribution in [-0.2, 0) is 12.7 Å². The van der Waals surface area contributed by atoms with E-state index in [1.807, 2.05) is 0 Å². The van der Waals surface area contributed by atoms with Gasteiger partial charge in [-0.25, -0.2) is 0 Å². The summed E-state index contributed by atoms with van der Waals surface area (Å²) in [5.74, 6) is -0.422. The van der Waals surface area contributed by atoms with Crippen LogP contribution in [0.4, 0.5) is 13.2 Å². The average Bonchev–Trinajstić information content (AvgIpc) is 2.56. The predicted octanol–water partition coefficient (Wildman–Crippen LogP) is 2.61. The van der Waals surface area contributed by atoms with Crippen LogP contribution in [0.1, 0.15) is 21.6 Å². The molecule has 0 spiro atoms. The minimum atomic E-state index is -4.61. The van der Waals surface area contributed by atoms with Gasteiger partial charge in [0.1, 0.15) is 5.75 Å². The molecule has 2 rings (SSSR count). The highest BCUT2D eigenvalue weighted by Gasteiger charge is 2.34. The van der Waals surface area contributed by atoms with Gasteiger partial charge in [-0.2, -0.15) is 13.2 Å². The summed E-state index contributed by atoms with van der Waals surface area (Å²) < 4.78 is 45.2. The largest absolute Gasteiger partial charge is 0.496 e. The summed E-state index contributed by atoms with van der Waals surface area (Å²) in [5, 5.41) is 2.41. The lowest BCUT2D eigenvalue weighted by Crippen LogP contribution is -2.32. The molecule has 1 amide bonds. The molecule has 25 heavy (non-hydrogen) atoms. The van der Waals surface area contributed by atoms with Crippen molar-refractivity contribution in [3.63, 3.8) is 0 Å². The van der Waals surface area contributed by atoms with Gasteiger partial charge < -0.3 is 14.6 Å². The van der Waals surface area contributed by atoms with Crippen LogP contribution >= 0.6 is 0 Å². The zero-order chi connectivity index (χ0) is 18.6. The third-order valence-corrected chi connectivity index (χ3v) is 3.64. The van der Waals surface area contributed by atoms with E-state index in [-0.39, 0.29) is 18.6 Å². The Balaban J connectivity index is 2.09. The number of nitrogens with zero attached hydrogens (tertiary/aromatic N) is 1. The van der Waals surface area contributed by atoms with Crippen molar-refractivity contribution >= 4 is 5.91 Å². The van der Waals surface area contributed by atoms with E-state index in [9.17, 15) is 22.8 Å². The highest BCUT2D eigenvalue weighted by atomic mass is 19.4. The maximum absolute atomic E-state index is 12.9. The fraction of sp³-hybridized carbons (Fsp3) is 0.294. The van der Waals surface area contributed by atoms with Gasteiger partial charge in [0.15, 0.2) is 0 Å². The molecule has 1 aromatic carbocycles. The number of carbonyl (C=O) groups excluding carboxylic acids is 1. The molecule has 0 aliphatic heterocycles. The van der Waals surface area contributed by atoms with Gasteiger partial charge in [0, 0.05) is 24.8 Å². The molecule has 1 heterocycles. The van der Waals surface area contributed by atoms with Crippen molar-refractivity contribution in [3.8, 4) is 5.75 Å². The number of hydrogen-bond acceptors (Lipinski definition) is 3. The third-order valence-electron chi connectivity index (χ3n) is 3.64. The molecule has 0 unspecified atom stereocenters. The minimum Gasteiger partial charge on any atom is -0.496 e. The van der Waals surface area contributed by atoms with E-state index in [0.29, 0.717) is 11.4 Å². The molecule has 134 valence electrons. The number of benzene rings is 1. The second-order valence-corrected chi connectivity index (χ2v) is 5.33. The smallest absolute Gasteiger partial charge is 0.417 e. The Kier molecular flexibility index (Phi) is 5.51. The fourth-order valence-corrected chi connectivity index (χ4v) is 2.41. The molecule has 0 aliphatic rings. The number of amides is 1. The summed E-state index contributed by atoms with van der Waals surface area (Å²) >= 11 is 0. The Labute approximate surface area is 142 Å². The van der Waals surface area contributed by atoms with Gasteiger partial charge in [0.25, 0.3) is 11.5 Å². The Bertz CT molecular complexity index is 829. The number of aryl methyl sites for hydroxylation is 1. The first-order valence-electron chi connectivity index (χ1n) is 7.44. The molecule has 0 radical (unpaired) electrons. The number of hydrogen-bond donors (Lipinski definition) is 1. The monoisotopic (exact) mass is 354 g/mol. The summed E-state index contributed by atoms with van der Waals surface area (Å²) in [6.07, 6.45) is -4.61. The molecule has 5 nitrogen and oxygen atoms in total. The first kappa shape index (κ1) is 18.6. The molecule has 2 aromatic rings. The number of alkyl halides is 3. The maximum Gasteiger partial charge on any atom is 0.417 e. The van der Waals surface area contributed by atoms with Crippen molar-refractivity contribution in [2.75, 3.05) is 13.7 Å². The van der Waals surface area contributed by atoms with Gasteiger partial charge in [-0.05, 0) is 25.1 Å². The van der Waals surface area contributed by atoms with Crippen LogP contribution in [0.2, 0.25) is 0 Å². The maximum atomic E-state index is 12.9. The number of rotatable bonds is 5. The van der Waals surface area contributed by atoms with Crippen LogP contribution in [0.5, 0.6) is 5.75 Å². The number of pyridine rings is 1. The topological polar surface area (TPSA) is 60.3 Å². The number of methoxy groups -OCH3 is 1. The SMILES string of the molecule is COc1cc(C)n(CCNC(=O)c2ccccc2C(F)(F)F)c(=O)c1. The lowest BCUT2D eigenvalue weighted by atomic mass is 10.1. The molecular weight excluding hydrogens is 337 g/mol. The van der Waals surface area contributed by atoms with Gasteiger partial charge in [0.2, 0.25) is 0 Å². The molecule has 0 fully saturated rings. The fourth-order valence-electron chi connectivity index (χ4n) is 2.41. The lowest BCUT2D eigenvalue weighted by Gasteiger charge is -2.14. The number of halogens is 3. The van der Waals surface area contributed by atoms with E-state index < -0.39 is 23.2 Å². The van der Waals surface area contributed by atoms with Crippen molar-refractivity contribution in [1.29, 1.82) is 0 Å². The summed E-state index contributed by atoms with van der Waals surface area (Å²) in [6.45, 7) is 1.84. The van der Waals surface area contributed by atoms with Gasteiger partial charge in [0.05, 0.1) is 18.2 Å². The Morgan fingerprint density at radius 1 is 1.24 bits per heavy atom. The van der Waals surface area contributed by atoms with E-state index in [1.54, 1.807) is 13.0 Å². The van der Waals surface area contributed by atoms with Crippen molar-refractivity contribution in [3.05, 3.63) is 63.6 Å². The Hall–Kier alpha value is -2.77. The minimum absolute atomic E-state index is 0.0120. The molecule has 1 N–H and O–H groups in total. The van der Waals surface area contributed by atoms with E-state index in [4.69, 9.17) is 4.74 Å². The van der Waals surface area contributed by atoms with Crippen molar-refractivity contribution in [2.45, 2.75) is 19.6 Å². The first-order valence-corrected chi connectivity index (χ1v) is 7.44. The predicted molar refractivity (Wildman–Crippen MR) is 85.8 cm³/mol. The highest BCUT2D eigenvalue weighted by Crippen LogP contribution is 2.31. The van der Waals surface area contributed by atoms with Crippen molar-refractivity contribution < 1.29 is 22.7 Å². The normalized spacial score (nSPS) is 11.2. The molecule has 0 saturated heterocycles. The first-order chi connectivity index (χ1) is 11.7. The molecule has 0 saturated carbocycles. The molecule has 0 bridgehead atoms. The standard InChI is InChI=1S/C17H17F3N2O3/c1-11-9-12(25-2)10-15(23)22(11)8-7-21-16(24)13-5-3-4-6-14(13)17(18,19)20/h3-6,9-10H,7-8H2,1-2H3,(H,21,24). The zero-order valence-electron chi connectivity index (χ0n) is 13.7. The van der Waals surface area contributed by atoms with Gasteiger partial charge in [-0.1, -0.05) is 12.1 Å². The quantitative estimate of drug-likeness (QED) is 0.898. The molecule has 0 atom stereocenters. The van der Waals surface area contributed by atoms with Crippen LogP contribution in [0, 0.1) is 6.92 Å². The molecule has 1 aromatic heterocycles. The van der Waals surface area contributed by atoms with Crippen LogP contribution in [0.3, 0.4) is 0 Å². The molecule has 0 aliphatic carbocycles. The van der Waals surface area contributed by atoms with E-state index >= 15 is 0 Å². The van der Waals surface area contributed by atoms with E-state index in [2.05, 4.69) is 5.32 Å². The Morgan fingerprint density at radius 2 is 1.92 bits per heavy atom. The van der Waals surface area contributed by atoms with Crippen molar-refractivity contribution in [1.82, 2.24) is 9.88 Å². The summed E-state index contributed by atoms with van der Waals surface area (Å²) in [5.41, 5.74) is -1.14. The van der Waals surface area contributed by atoms with Gasteiger partial charge in [-0.15, -0.1) is 0 Å². The van der Waals surface area contributed by atoms with Crippen LogP contribution in [0.15, 0.2) is 41.2 Å². The van der Waals surface area contributed by atoms with Crippen LogP contribution in [-0.4, -0.2) is 24.1 Å². The zero-order valence-corrected chi connectivity index (χ0v) is 13.7. The lowest BCUT2D eigenvalue weighted by molar-refractivity contribution is -0.137. The number of aromatic nitrogens is 1. The second kappa shape index (κ2) is 7.42. The Morgan fingerprint density at radius 3 is 2.52 bits per heavy atom. The van der Waals surface area contributed by atoms with Crippen LogP contribution in [0.25, 0.3) is 0 Å². The third kappa shape index (κ3) is 4.40.